The number of esters is 1. The minimum Gasteiger partial charge on any atom is -0.459 e. The number of benzene rings is 2. The van der Waals surface area contributed by atoms with Crippen LogP contribution < -0.4 is 58.5 Å². The van der Waals surface area contributed by atoms with Gasteiger partial charge in [0.1, 0.15) is 43.1 Å². The molecule has 15 N–H and O–H groups in total. The van der Waals surface area contributed by atoms with E-state index in [0.29, 0.717) is 57.5 Å². The third kappa shape index (κ3) is 19.3. The molecule has 1 aliphatic rings. The summed E-state index contributed by atoms with van der Waals surface area (Å²) in [7, 11) is 1.36. The molecule has 28 heteroatoms. The number of carbonyl (C=O) groups is 11. The number of amides is 9. The van der Waals surface area contributed by atoms with Gasteiger partial charge in [-0.1, -0.05) is 45.4 Å². The number of aromatic amines is 1. The molecular weight excluding hydrogens is 1060 g/mol. The second-order valence-electron chi connectivity index (χ2n) is 19.3. The highest BCUT2D eigenvalue weighted by atomic mass is 32.2. The van der Waals surface area contributed by atoms with E-state index in [9.17, 15) is 68.1 Å². The second-order valence-corrected chi connectivity index (χ2v) is 20.1. The fourth-order valence-corrected chi connectivity index (χ4v) is 8.97. The van der Waals surface area contributed by atoms with Crippen molar-refractivity contribution in [2.45, 2.75) is 126 Å². The van der Waals surface area contributed by atoms with Gasteiger partial charge in [-0.2, -0.15) is 0 Å². The van der Waals surface area contributed by atoms with Crippen LogP contribution >= 0.6 is 11.8 Å². The number of nitrogens with one attached hydrogen (secondary N) is 12. The summed E-state index contributed by atoms with van der Waals surface area (Å²) in [5, 5.41) is 60.2. The number of aldehydes is 1. The molecule has 0 saturated carbocycles. The molecule has 1 aromatic heterocycles. The summed E-state index contributed by atoms with van der Waals surface area (Å²) in [5.41, 5.74) is 2.90. The van der Waals surface area contributed by atoms with E-state index in [1.165, 1.54) is 32.7 Å². The molecule has 80 heavy (non-hydrogen) atoms. The molecule has 0 radical (unpaired) electrons. The molecule has 438 valence electrons. The van der Waals surface area contributed by atoms with Crippen LogP contribution in [0.1, 0.15) is 65.0 Å². The van der Waals surface area contributed by atoms with Crippen molar-refractivity contribution < 1.29 is 72.8 Å². The van der Waals surface area contributed by atoms with Gasteiger partial charge in [-0.25, -0.2) is 4.79 Å². The molecule has 0 aliphatic carbocycles. The van der Waals surface area contributed by atoms with Crippen LogP contribution in [0.3, 0.4) is 0 Å². The number of rotatable bonds is 32. The van der Waals surface area contributed by atoms with E-state index >= 15 is 0 Å². The van der Waals surface area contributed by atoms with Crippen LogP contribution in [0.4, 0.5) is 11.4 Å². The van der Waals surface area contributed by atoms with Crippen LogP contribution in [0.25, 0.3) is 10.9 Å². The van der Waals surface area contributed by atoms with E-state index < -0.39 is 139 Å². The first-order valence-corrected chi connectivity index (χ1v) is 27.1. The molecule has 4 rings (SSSR count). The first-order valence-electron chi connectivity index (χ1n) is 25.9. The van der Waals surface area contributed by atoms with Crippen LogP contribution in [0.2, 0.25) is 0 Å². The van der Waals surface area contributed by atoms with E-state index in [0.717, 1.165) is 0 Å². The number of aliphatic hydroxyl groups is 3. The molecule has 1 fully saturated rings. The Kier molecular flexibility index (Phi) is 25.8. The van der Waals surface area contributed by atoms with Gasteiger partial charge < -0.3 is 88.3 Å². The van der Waals surface area contributed by atoms with Gasteiger partial charge in [0.15, 0.2) is 0 Å². The molecule has 3 aromatic rings. The van der Waals surface area contributed by atoms with Crippen molar-refractivity contribution in [1.29, 1.82) is 0 Å². The third-order valence-corrected chi connectivity index (χ3v) is 14.1. The van der Waals surface area contributed by atoms with Crippen LogP contribution in [0, 0.1) is 11.8 Å². The molecule has 2 aromatic carbocycles. The zero-order valence-corrected chi connectivity index (χ0v) is 46.4. The Morgan fingerprint density at radius 1 is 0.800 bits per heavy atom. The maximum absolute atomic E-state index is 14.4. The molecule has 27 nitrogen and oxygen atoms in total. The molecule has 11 atom stereocenters. The minimum atomic E-state index is -1.54. The fraction of sp³-hybridized carbons (Fsp3) is 0.519. The van der Waals surface area contributed by atoms with Crippen LogP contribution in [0.15, 0.2) is 47.5 Å². The summed E-state index contributed by atoms with van der Waals surface area (Å²) in [6.45, 7) is 5.73. The number of aromatic nitrogens is 1. The average molecular weight is 1140 g/mol. The number of carbonyl (C=O) groups excluding carboxylic acids is 11. The Balaban J connectivity index is 1.53. The smallest absolute Gasteiger partial charge is 0.328 e. The topological polar surface area (TPSA) is 406 Å². The zero-order chi connectivity index (χ0) is 59.2. The number of hydrogen-bond donors (Lipinski definition) is 15. The number of fused-ring (bicyclic) bond motifs is 1. The Morgan fingerprint density at radius 2 is 1.46 bits per heavy atom. The van der Waals surface area contributed by atoms with Crippen molar-refractivity contribution in [2.24, 2.45) is 11.8 Å². The number of aliphatic hydroxyl groups excluding tert-OH is 3. The predicted molar refractivity (Wildman–Crippen MR) is 293 cm³/mol. The second kappa shape index (κ2) is 31.8. The lowest BCUT2D eigenvalue weighted by Gasteiger charge is -2.30. The Hall–Kier alpha value is -7.66. The van der Waals surface area contributed by atoms with Crippen molar-refractivity contribution in [3.05, 3.63) is 53.6 Å². The van der Waals surface area contributed by atoms with E-state index in [1.807, 2.05) is 0 Å². The van der Waals surface area contributed by atoms with Crippen molar-refractivity contribution >= 4 is 100.0 Å². The highest BCUT2D eigenvalue weighted by molar-refractivity contribution is 7.98. The lowest BCUT2D eigenvalue weighted by molar-refractivity contribution is -0.145. The third-order valence-electron chi connectivity index (χ3n) is 13.3. The fourth-order valence-electron chi connectivity index (χ4n) is 8.32. The molecular formula is C52H74N12O15S. The number of β-amino-alcohol motifs (C(OH)–C–C–N with tert-alkyl or cyclic N) is 1. The van der Waals surface area contributed by atoms with Crippen LogP contribution in [-0.4, -0.2) is 180 Å². The average Bonchev–Trinajstić information content (AvgIpc) is 4.15. The summed E-state index contributed by atoms with van der Waals surface area (Å²) in [4.78, 5) is 145. The zero-order valence-electron chi connectivity index (χ0n) is 45.6. The molecule has 9 amide bonds. The summed E-state index contributed by atoms with van der Waals surface area (Å²) in [6, 6.07) is 3.61. The van der Waals surface area contributed by atoms with Crippen molar-refractivity contribution in [2.75, 3.05) is 50.2 Å². The van der Waals surface area contributed by atoms with Gasteiger partial charge in [0.25, 0.3) is 0 Å². The maximum Gasteiger partial charge on any atom is 0.328 e. The summed E-state index contributed by atoms with van der Waals surface area (Å²) >= 11 is 1.29. The molecule has 8 unspecified atom stereocenters. The van der Waals surface area contributed by atoms with Crippen molar-refractivity contribution in [3.8, 4) is 0 Å². The normalized spacial score (nSPS) is 17.2. The Bertz CT molecular complexity index is 2670. The molecule has 0 bridgehead atoms. The summed E-state index contributed by atoms with van der Waals surface area (Å²) in [6.07, 6.45) is 0.205. The highest BCUT2D eigenvalue weighted by Crippen LogP contribution is 2.32. The number of H-pyrrole nitrogens is 1. The molecule has 2 heterocycles. The first-order chi connectivity index (χ1) is 38.0. The van der Waals surface area contributed by atoms with Crippen LogP contribution in [-0.2, 0) is 70.5 Å². The van der Waals surface area contributed by atoms with Gasteiger partial charge in [-0.05, 0) is 67.8 Å². The Morgan fingerprint density at radius 3 is 2.06 bits per heavy atom. The quantitative estimate of drug-likeness (QED) is 0.0172. The van der Waals surface area contributed by atoms with Crippen LogP contribution in [0.5, 0.6) is 0 Å². The van der Waals surface area contributed by atoms with E-state index in [-0.39, 0.29) is 32.4 Å². The largest absolute Gasteiger partial charge is 0.459 e. The summed E-state index contributed by atoms with van der Waals surface area (Å²) < 4.78 is 5.50. The van der Waals surface area contributed by atoms with E-state index in [4.69, 9.17) is 4.74 Å². The first kappa shape index (κ1) is 64.9. The van der Waals surface area contributed by atoms with Gasteiger partial charge in [0, 0.05) is 48.2 Å². The maximum atomic E-state index is 14.4. The van der Waals surface area contributed by atoms with E-state index in [2.05, 4.69) is 63.5 Å². The van der Waals surface area contributed by atoms with Crippen molar-refractivity contribution in [3.63, 3.8) is 0 Å². The van der Waals surface area contributed by atoms with Gasteiger partial charge >= 0.3 is 5.97 Å². The lowest BCUT2D eigenvalue weighted by atomic mass is 9.94. The lowest BCUT2D eigenvalue weighted by Crippen LogP contribution is -2.60. The number of ether oxygens (including phenoxy) is 1. The summed E-state index contributed by atoms with van der Waals surface area (Å²) in [5.74, 6) is -8.38. The molecule has 1 aliphatic heterocycles. The molecule has 0 spiro atoms. The SMILES string of the molecule is CCC(C)C(NC(=O)CNC(=O)C(Cc1c(SC)[nH]c2cc(NC(C)C(=O)OCc3ccc(NC=O)cc3)ccc12)NC(=O)C(NC(=O)C1C[C@@H](O)CN1)[C@@H](C)C(O)CO)C(=O)NCC(=O)N[C@@H](C)C(=O)NC(C=O)CC(=O)NC. The van der Waals surface area contributed by atoms with Gasteiger partial charge in [-0.15, -0.1) is 11.8 Å². The van der Waals surface area contributed by atoms with Gasteiger partial charge in [-0.3, -0.25) is 43.2 Å². The minimum absolute atomic E-state index is 0.0201. The monoisotopic (exact) mass is 1140 g/mol. The Labute approximate surface area is 466 Å². The standard InChI is InChI=1S/C52H74N12O15S/c1-8-26(2)44(49(76)56-20-42(71)59-28(4)46(73)60-33(22-65)16-41(70)53-6)63-43(72)21-55-47(74)39(61-50(77)45(27(3)40(69)23-66)64-48(75)38-17-34(68)19-54-38)18-36-35-14-13-32(15-37(35)62-51(36)80-7)58-29(5)52(78)79-24-30-9-11-31(12-10-30)57-25-67/h9-15,22,25-29,33-34,38-40,44-45,54,58,62,66,68-69H,8,16-21,23-24H2,1-7H3,(H,53,70)(H,55,74)(H,56,76)(H,57,67)(H,59,71)(H,60,73)(H,61,77)(H,63,72)(H,64,75)/t26?,27-,28-,29?,33?,34+,38?,39?,40?,44?,45?/m0/s1. The van der Waals surface area contributed by atoms with Gasteiger partial charge in [0.2, 0.25) is 53.7 Å². The number of thioether (sulfide) groups is 1. The van der Waals surface area contributed by atoms with Gasteiger partial charge in [0.05, 0.1) is 55.4 Å². The van der Waals surface area contributed by atoms with E-state index in [1.54, 1.807) is 69.5 Å². The highest BCUT2D eigenvalue weighted by Gasteiger charge is 2.38. The molecule has 1 saturated heterocycles. The van der Waals surface area contributed by atoms with Crippen molar-refractivity contribution in [1.82, 2.24) is 52.8 Å². The number of anilines is 2. The number of hydrogen-bond acceptors (Lipinski definition) is 18. The predicted octanol–water partition coefficient (Wildman–Crippen LogP) is -2.69.